The zero-order valence-electron chi connectivity index (χ0n) is 29.9. The Kier molecular flexibility index (Phi) is 6.34. The second-order valence-corrected chi connectivity index (χ2v) is 14.6. The second-order valence-electron chi connectivity index (χ2n) is 14.6. The van der Waals surface area contributed by atoms with Gasteiger partial charge in [0.15, 0.2) is 0 Å². The summed E-state index contributed by atoms with van der Waals surface area (Å²) in [6.07, 6.45) is 0. The Morgan fingerprint density at radius 3 is 1.69 bits per heavy atom. The molecule has 0 radical (unpaired) electrons. The molecular weight excluding hydrogens is 667 g/mol. The number of rotatable bonds is 4. The molecule has 0 bridgehead atoms. The number of aromatic amines is 1. The Labute approximate surface area is 316 Å². The summed E-state index contributed by atoms with van der Waals surface area (Å²) >= 11 is 0. The smallest absolute Gasteiger partial charge is 0.0547 e. The lowest BCUT2D eigenvalue weighted by Gasteiger charge is -2.13. The van der Waals surface area contributed by atoms with Crippen molar-refractivity contribution in [2.24, 2.45) is 0 Å². The predicted octanol–water partition coefficient (Wildman–Crippen LogP) is 14.0. The van der Waals surface area contributed by atoms with Gasteiger partial charge in [0.25, 0.3) is 0 Å². The highest BCUT2D eigenvalue weighted by molar-refractivity contribution is 6.13. The third kappa shape index (κ3) is 4.50. The SMILES string of the molecule is c1ccc(-n2c3ccccc3c3cc(-c4ccc5c6ccccc6n(-c6cccc7cc(-c8ccc9c(c8)[nH]c8ccccc89)ccc67)c5c4)ccc32)cc1. The fourth-order valence-electron chi connectivity index (χ4n) is 9.09. The van der Waals surface area contributed by atoms with E-state index >= 15 is 0 Å². The van der Waals surface area contributed by atoms with Crippen molar-refractivity contribution in [2.45, 2.75) is 0 Å². The Bertz CT molecular complexity index is 3490. The molecule has 0 unspecified atom stereocenters. The van der Waals surface area contributed by atoms with Crippen molar-refractivity contribution in [1.82, 2.24) is 14.1 Å². The van der Waals surface area contributed by atoms with E-state index in [1.54, 1.807) is 0 Å². The molecular formula is C52H33N3. The molecule has 0 saturated heterocycles. The molecule has 256 valence electrons. The van der Waals surface area contributed by atoms with Crippen LogP contribution >= 0.6 is 0 Å². The van der Waals surface area contributed by atoms with E-state index in [-0.39, 0.29) is 0 Å². The number of nitrogens with one attached hydrogen (secondary N) is 1. The molecule has 12 rings (SSSR count). The van der Waals surface area contributed by atoms with E-state index in [0.717, 1.165) is 5.52 Å². The summed E-state index contributed by atoms with van der Waals surface area (Å²) in [4.78, 5) is 3.62. The van der Waals surface area contributed by atoms with Gasteiger partial charge in [-0.05, 0) is 94.4 Å². The second kappa shape index (κ2) is 11.6. The van der Waals surface area contributed by atoms with E-state index in [1.165, 1.54) is 104 Å². The molecule has 3 nitrogen and oxygen atoms in total. The Hall–Kier alpha value is -7.36. The predicted molar refractivity (Wildman–Crippen MR) is 233 cm³/mol. The Balaban J connectivity index is 1.02. The Morgan fingerprint density at radius 2 is 0.855 bits per heavy atom. The fraction of sp³-hybridized carbons (Fsp3) is 0. The van der Waals surface area contributed by atoms with Gasteiger partial charge in [-0.2, -0.15) is 0 Å². The third-order valence-corrected chi connectivity index (χ3v) is 11.6. The molecule has 3 heteroatoms. The van der Waals surface area contributed by atoms with Crippen molar-refractivity contribution in [3.8, 4) is 33.6 Å². The van der Waals surface area contributed by atoms with E-state index in [2.05, 4.69) is 208 Å². The highest BCUT2D eigenvalue weighted by Gasteiger charge is 2.17. The van der Waals surface area contributed by atoms with Crippen LogP contribution in [0.15, 0.2) is 194 Å². The summed E-state index contributed by atoms with van der Waals surface area (Å²) in [5.41, 5.74) is 14.3. The average molecular weight is 700 g/mol. The van der Waals surface area contributed by atoms with Gasteiger partial charge >= 0.3 is 0 Å². The van der Waals surface area contributed by atoms with Crippen LogP contribution in [-0.4, -0.2) is 14.1 Å². The first-order valence-corrected chi connectivity index (χ1v) is 18.9. The molecule has 0 amide bonds. The van der Waals surface area contributed by atoms with Gasteiger partial charge in [0.05, 0.1) is 27.8 Å². The number of aromatic nitrogens is 3. The minimum Gasteiger partial charge on any atom is -0.354 e. The van der Waals surface area contributed by atoms with Crippen molar-refractivity contribution < 1.29 is 0 Å². The van der Waals surface area contributed by atoms with Crippen LogP contribution in [0.2, 0.25) is 0 Å². The lowest BCUT2D eigenvalue weighted by Crippen LogP contribution is -1.95. The molecule has 0 atom stereocenters. The minimum atomic E-state index is 1.16. The summed E-state index contributed by atoms with van der Waals surface area (Å²) in [7, 11) is 0. The summed E-state index contributed by atoms with van der Waals surface area (Å²) in [5, 5.41) is 9.98. The third-order valence-electron chi connectivity index (χ3n) is 11.6. The summed E-state index contributed by atoms with van der Waals surface area (Å²) < 4.78 is 4.84. The van der Waals surface area contributed by atoms with Gasteiger partial charge in [0, 0.05) is 54.4 Å². The fourth-order valence-corrected chi connectivity index (χ4v) is 9.09. The number of nitrogens with zero attached hydrogens (tertiary/aromatic N) is 2. The highest BCUT2D eigenvalue weighted by atomic mass is 15.0. The van der Waals surface area contributed by atoms with Gasteiger partial charge in [0.1, 0.15) is 0 Å². The van der Waals surface area contributed by atoms with E-state index in [4.69, 9.17) is 0 Å². The normalized spacial score (nSPS) is 12.0. The topological polar surface area (TPSA) is 25.6 Å². The number of benzene rings is 9. The van der Waals surface area contributed by atoms with Crippen LogP contribution in [0.1, 0.15) is 0 Å². The maximum atomic E-state index is 3.62. The van der Waals surface area contributed by atoms with Crippen LogP contribution in [0.4, 0.5) is 0 Å². The van der Waals surface area contributed by atoms with Gasteiger partial charge < -0.3 is 14.1 Å². The quantitative estimate of drug-likeness (QED) is 0.189. The monoisotopic (exact) mass is 699 g/mol. The van der Waals surface area contributed by atoms with Crippen LogP contribution in [0.5, 0.6) is 0 Å². The maximum Gasteiger partial charge on any atom is 0.0547 e. The van der Waals surface area contributed by atoms with E-state index < -0.39 is 0 Å². The van der Waals surface area contributed by atoms with Crippen molar-refractivity contribution >= 4 is 76.2 Å². The van der Waals surface area contributed by atoms with Crippen molar-refractivity contribution in [1.29, 1.82) is 0 Å². The zero-order valence-corrected chi connectivity index (χ0v) is 29.9. The molecule has 0 spiro atoms. The summed E-state index contributed by atoms with van der Waals surface area (Å²) in [6, 6.07) is 71.1. The molecule has 0 aliphatic heterocycles. The lowest BCUT2D eigenvalue weighted by molar-refractivity contribution is 1.18. The standard InChI is InChI=1S/C52H33N3/c1-2-12-38(13-3-1)54-49-18-8-6-16-43(49)45-30-34(24-28-51(45)54)36-23-27-44-42-15-5-9-19-50(42)55(52(44)32-36)48-20-10-11-37-29-33(21-25-39(37)48)35-22-26-41-40-14-4-7-17-46(40)53-47(41)31-35/h1-32,53H. The van der Waals surface area contributed by atoms with Gasteiger partial charge in [-0.15, -0.1) is 0 Å². The van der Waals surface area contributed by atoms with Gasteiger partial charge in [0.2, 0.25) is 0 Å². The van der Waals surface area contributed by atoms with Crippen LogP contribution < -0.4 is 0 Å². The molecule has 0 aliphatic rings. The van der Waals surface area contributed by atoms with Gasteiger partial charge in [-0.25, -0.2) is 0 Å². The van der Waals surface area contributed by atoms with E-state index in [0.29, 0.717) is 0 Å². The van der Waals surface area contributed by atoms with E-state index in [1.807, 2.05) is 0 Å². The molecule has 55 heavy (non-hydrogen) atoms. The first kappa shape index (κ1) is 30.1. The molecule has 12 aromatic rings. The minimum absolute atomic E-state index is 1.16. The van der Waals surface area contributed by atoms with Gasteiger partial charge in [-0.1, -0.05) is 127 Å². The number of hydrogen-bond donors (Lipinski definition) is 1. The number of hydrogen-bond acceptors (Lipinski definition) is 0. The van der Waals surface area contributed by atoms with Crippen molar-refractivity contribution in [2.75, 3.05) is 0 Å². The molecule has 1 N–H and O–H groups in total. The van der Waals surface area contributed by atoms with Crippen LogP contribution in [0, 0.1) is 0 Å². The molecule has 0 aliphatic carbocycles. The zero-order chi connectivity index (χ0) is 36.0. The lowest BCUT2D eigenvalue weighted by atomic mass is 9.99. The van der Waals surface area contributed by atoms with Gasteiger partial charge in [-0.3, -0.25) is 0 Å². The maximum absolute atomic E-state index is 3.62. The summed E-state index contributed by atoms with van der Waals surface area (Å²) in [5.74, 6) is 0. The number of para-hydroxylation sites is 4. The molecule has 3 aromatic heterocycles. The molecule has 9 aromatic carbocycles. The van der Waals surface area contributed by atoms with Crippen LogP contribution in [0.25, 0.3) is 110 Å². The summed E-state index contributed by atoms with van der Waals surface area (Å²) in [6.45, 7) is 0. The van der Waals surface area contributed by atoms with Crippen molar-refractivity contribution in [3.05, 3.63) is 194 Å². The Morgan fingerprint density at radius 1 is 0.291 bits per heavy atom. The van der Waals surface area contributed by atoms with Crippen molar-refractivity contribution in [3.63, 3.8) is 0 Å². The first-order chi connectivity index (χ1) is 27.3. The number of fused-ring (bicyclic) bond motifs is 10. The molecule has 0 saturated carbocycles. The van der Waals surface area contributed by atoms with Crippen LogP contribution in [-0.2, 0) is 0 Å². The largest absolute Gasteiger partial charge is 0.354 e. The van der Waals surface area contributed by atoms with Crippen LogP contribution in [0.3, 0.4) is 0 Å². The highest BCUT2D eigenvalue weighted by Crippen LogP contribution is 2.40. The van der Waals surface area contributed by atoms with E-state index in [9.17, 15) is 0 Å². The molecule has 0 fully saturated rings. The average Bonchev–Trinajstić information content (AvgIpc) is 3.90. The molecule has 3 heterocycles. The first-order valence-electron chi connectivity index (χ1n) is 18.9. The number of H-pyrrole nitrogens is 1.